The molecule has 1 aliphatic carbocycles. The molecule has 0 N–H and O–H groups in total. The van der Waals surface area contributed by atoms with Gasteiger partial charge in [0.15, 0.2) is 0 Å². The number of hydrogen-bond donors (Lipinski definition) is 0. The highest BCUT2D eigenvalue weighted by Gasteiger charge is 2.21. The van der Waals surface area contributed by atoms with Crippen LogP contribution in [0.5, 0.6) is 0 Å². The first-order chi connectivity index (χ1) is 11.2. The van der Waals surface area contributed by atoms with Gasteiger partial charge in [0, 0.05) is 0 Å². The van der Waals surface area contributed by atoms with Crippen molar-refractivity contribution in [3.63, 3.8) is 0 Å². The summed E-state index contributed by atoms with van der Waals surface area (Å²) < 4.78 is 0. The number of hydrogen-bond acceptors (Lipinski definition) is 0. The van der Waals surface area contributed by atoms with Crippen LogP contribution in [0, 0.1) is 23.7 Å². The first-order valence-corrected chi connectivity index (χ1v) is 10.3. The minimum Gasteiger partial charge on any atom is -0.0741 e. The van der Waals surface area contributed by atoms with E-state index in [2.05, 4.69) is 68.4 Å². The van der Waals surface area contributed by atoms with Gasteiger partial charge in [-0.15, -0.1) is 0 Å². The zero-order valence-corrected chi connectivity index (χ0v) is 17.9. The molecule has 0 bridgehead atoms. The minimum atomic E-state index is 0.632. The van der Waals surface area contributed by atoms with Gasteiger partial charge in [-0.3, -0.25) is 0 Å². The van der Waals surface area contributed by atoms with Gasteiger partial charge in [0.2, 0.25) is 0 Å². The van der Waals surface area contributed by atoms with Gasteiger partial charge in [0.1, 0.15) is 0 Å². The highest BCUT2D eigenvalue weighted by atomic mass is 14.3. The Labute approximate surface area is 152 Å². The fourth-order valence-corrected chi connectivity index (χ4v) is 3.95. The smallest absolute Gasteiger partial charge is 0.00175 e. The third-order valence-corrected chi connectivity index (χ3v) is 6.27. The Bertz CT molecular complexity index is 496. The standard InChI is InChI=1S/C24H42/c1-10-22-15-19(7)21(9)24(20(8)17(4)5)14-12-18(6)23(22)13-11-16(2)3/h15-17,20,22H,10-14H2,1-9H3. The molecule has 1 aliphatic rings. The maximum atomic E-state index is 2.58. The maximum absolute atomic E-state index is 2.58. The minimum absolute atomic E-state index is 0.632. The summed E-state index contributed by atoms with van der Waals surface area (Å²) in [7, 11) is 0. The average molecular weight is 331 g/mol. The molecule has 0 saturated carbocycles. The molecule has 2 atom stereocenters. The van der Waals surface area contributed by atoms with E-state index in [-0.39, 0.29) is 0 Å². The molecule has 0 nitrogen and oxygen atoms in total. The zero-order valence-electron chi connectivity index (χ0n) is 17.9. The second kappa shape index (κ2) is 9.64. The normalized spacial score (nSPS) is 21.8. The lowest BCUT2D eigenvalue weighted by molar-refractivity contribution is 0.463. The van der Waals surface area contributed by atoms with Crippen molar-refractivity contribution in [3.05, 3.63) is 33.9 Å². The van der Waals surface area contributed by atoms with Crippen molar-refractivity contribution in [1.29, 1.82) is 0 Å². The van der Waals surface area contributed by atoms with E-state index in [1.807, 2.05) is 0 Å². The van der Waals surface area contributed by atoms with Crippen LogP contribution in [0.25, 0.3) is 0 Å². The van der Waals surface area contributed by atoms with E-state index in [9.17, 15) is 0 Å². The molecular weight excluding hydrogens is 288 g/mol. The predicted molar refractivity (Wildman–Crippen MR) is 110 cm³/mol. The lowest BCUT2D eigenvalue weighted by atomic mass is 9.82. The molecule has 0 spiro atoms. The number of rotatable bonds is 6. The molecule has 0 saturated heterocycles. The van der Waals surface area contributed by atoms with Crippen LogP contribution in [0.2, 0.25) is 0 Å². The quantitative estimate of drug-likeness (QED) is 0.431. The molecule has 0 aromatic rings. The van der Waals surface area contributed by atoms with E-state index in [4.69, 9.17) is 0 Å². The average Bonchev–Trinajstić information content (AvgIpc) is 2.55. The van der Waals surface area contributed by atoms with Crippen molar-refractivity contribution in [2.45, 2.75) is 94.4 Å². The molecule has 0 fully saturated rings. The van der Waals surface area contributed by atoms with Crippen LogP contribution in [0.4, 0.5) is 0 Å². The Morgan fingerprint density at radius 2 is 1.62 bits per heavy atom. The first-order valence-electron chi connectivity index (χ1n) is 10.3. The van der Waals surface area contributed by atoms with E-state index < -0.39 is 0 Å². The van der Waals surface area contributed by atoms with Gasteiger partial charge in [-0.25, -0.2) is 0 Å². The highest BCUT2D eigenvalue weighted by molar-refractivity contribution is 5.37. The molecule has 2 unspecified atom stereocenters. The highest BCUT2D eigenvalue weighted by Crippen LogP contribution is 2.36. The lowest BCUT2D eigenvalue weighted by Gasteiger charge is -2.23. The van der Waals surface area contributed by atoms with Gasteiger partial charge in [0.25, 0.3) is 0 Å². The van der Waals surface area contributed by atoms with Gasteiger partial charge in [-0.1, -0.05) is 69.9 Å². The zero-order chi connectivity index (χ0) is 18.4. The van der Waals surface area contributed by atoms with Crippen molar-refractivity contribution in [3.8, 4) is 0 Å². The molecule has 0 heterocycles. The molecule has 0 aromatic carbocycles. The van der Waals surface area contributed by atoms with Crippen molar-refractivity contribution in [2.24, 2.45) is 23.7 Å². The molecule has 0 aliphatic heterocycles. The third-order valence-electron chi connectivity index (χ3n) is 6.27. The molecular formula is C24H42. The summed E-state index contributed by atoms with van der Waals surface area (Å²) >= 11 is 0. The molecule has 138 valence electrons. The van der Waals surface area contributed by atoms with Gasteiger partial charge < -0.3 is 0 Å². The summed E-state index contributed by atoms with van der Waals surface area (Å²) in [4.78, 5) is 0. The Hall–Kier alpha value is -0.780. The fraction of sp³-hybridized carbons (Fsp3) is 0.750. The maximum Gasteiger partial charge on any atom is -0.00175 e. The molecule has 1 rings (SSSR count). The molecule has 0 aromatic heterocycles. The van der Waals surface area contributed by atoms with Gasteiger partial charge in [-0.2, -0.15) is 0 Å². The van der Waals surface area contributed by atoms with Crippen molar-refractivity contribution in [2.75, 3.05) is 0 Å². The fourth-order valence-electron chi connectivity index (χ4n) is 3.95. The predicted octanol–water partition coefficient (Wildman–Crippen LogP) is 8.11. The van der Waals surface area contributed by atoms with E-state index in [1.165, 1.54) is 37.7 Å². The third kappa shape index (κ3) is 5.64. The van der Waals surface area contributed by atoms with Gasteiger partial charge >= 0.3 is 0 Å². The first kappa shape index (κ1) is 21.3. The Morgan fingerprint density at radius 1 is 1.00 bits per heavy atom. The summed E-state index contributed by atoms with van der Waals surface area (Å²) in [6.07, 6.45) is 8.88. The summed E-state index contributed by atoms with van der Waals surface area (Å²) in [5, 5.41) is 0. The molecule has 0 amide bonds. The second-order valence-electron chi connectivity index (χ2n) is 8.79. The topological polar surface area (TPSA) is 0 Å². The van der Waals surface area contributed by atoms with Crippen molar-refractivity contribution >= 4 is 0 Å². The van der Waals surface area contributed by atoms with Crippen LogP contribution in [0.1, 0.15) is 94.4 Å². The summed E-state index contributed by atoms with van der Waals surface area (Å²) in [5.74, 6) is 2.82. The van der Waals surface area contributed by atoms with Crippen LogP contribution in [0.15, 0.2) is 33.9 Å². The van der Waals surface area contributed by atoms with Gasteiger partial charge in [-0.05, 0) is 82.1 Å². The monoisotopic (exact) mass is 330 g/mol. The Balaban J connectivity index is 3.27. The number of allylic oxidation sites excluding steroid dienone is 6. The summed E-state index contributed by atoms with van der Waals surface area (Å²) in [5.41, 5.74) is 8.17. The van der Waals surface area contributed by atoms with Crippen LogP contribution < -0.4 is 0 Å². The van der Waals surface area contributed by atoms with Crippen LogP contribution in [-0.2, 0) is 0 Å². The Kier molecular flexibility index (Phi) is 8.54. The van der Waals surface area contributed by atoms with E-state index in [0.717, 1.165) is 11.8 Å². The van der Waals surface area contributed by atoms with Crippen molar-refractivity contribution < 1.29 is 0 Å². The van der Waals surface area contributed by atoms with Crippen LogP contribution in [0.3, 0.4) is 0 Å². The Morgan fingerprint density at radius 3 is 2.12 bits per heavy atom. The molecule has 0 heteroatoms. The van der Waals surface area contributed by atoms with Gasteiger partial charge in [0.05, 0.1) is 0 Å². The van der Waals surface area contributed by atoms with E-state index in [0.29, 0.717) is 11.8 Å². The second-order valence-corrected chi connectivity index (χ2v) is 8.79. The molecule has 24 heavy (non-hydrogen) atoms. The van der Waals surface area contributed by atoms with Crippen molar-refractivity contribution in [1.82, 2.24) is 0 Å². The van der Waals surface area contributed by atoms with E-state index >= 15 is 0 Å². The summed E-state index contributed by atoms with van der Waals surface area (Å²) in [6.45, 7) is 21.3. The van der Waals surface area contributed by atoms with Crippen LogP contribution in [-0.4, -0.2) is 0 Å². The SMILES string of the molecule is CCC1C=C(C)C(C)=C(C(C)C(C)C)CCC(C)=C1CCC(C)C. The molecule has 0 radical (unpaired) electrons. The summed E-state index contributed by atoms with van der Waals surface area (Å²) in [6, 6.07) is 0. The lowest BCUT2D eigenvalue weighted by Crippen LogP contribution is -2.10. The van der Waals surface area contributed by atoms with E-state index in [1.54, 1.807) is 22.3 Å². The largest absolute Gasteiger partial charge is 0.0741 e. The van der Waals surface area contributed by atoms with Crippen LogP contribution >= 0.6 is 0 Å².